The lowest BCUT2D eigenvalue weighted by molar-refractivity contribution is -0.432. The number of hydrogen-bond donors (Lipinski definition) is 0. The largest absolute Gasteiger partial charge is 0.748 e. The van der Waals surface area contributed by atoms with Gasteiger partial charge in [-0.3, -0.25) is 0 Å². The zero-order valence-electron chi connectivity index (χ0n) is 49.9. The maximum Gasteiger partial charge on any atom is 0.460 e. The highest BCUT2D eigenvalue weighted by molar-refractivity contribution is 7.88. The average molecular weight is 1880 g/mol. The van der Waals surface area contributed by atoms with Gasteiger partial charge in [0.25, 0.3) is 5.00 Å². The van der Waals surface area contributed by atoms with Crippen LogP contribution in [0.2, 0.25) is 0 Å². The fourth-order valence-electron chi connectivity index (χ4n) is 6.13. The molecule has 0 heterocycles. The Morgan fingerprint density at radius 1 is 0.336 bits per heavy atom. The second-order valence-corrected chi connectivity index (χ2v) is 26.5. The Balaban J connectivity index is -0.000000199. The predicted molar refractivity (Wildman–Crippen MR) is 234 cm³/mol. The third kappa shape index (κ3) is 19.5. The molecule has 8 unspecified atom stereocenters. The molecule has 0 bridgehead atoms. The van der Waals surface area contributed by atoms with Crippen LogP contribution in [0, 0.1) is 37.1 Å². The second kappa shape index (κ2) is 32.0. The number of halogens is 54. The summed E-state index contributed by atoms with van der Waals surface area (Å²) in [5, 5.41) is -29.9. The van der Waals surface area contributed by atoms with Crippen molar-refractivity contribution in [3.8, 4) is 0 Å². The van der Waals surface area contributed by atoms with Crippen LogP contribution in [-0.2, 0) is 50.6 Å². The first kappa shape index (κ1) is 121. The van der Waals surface area contributed by atoms with Crippen molar-refractivity contribution < 1.29 is 302 Å². The molecular weight excluding hydrogens is 1860 g/mol. The normalized spacial score (nSPS) is 23.0. The molecule has 0 amide bonds. The number of hydrogen-bond acceptors (Lipinski definition) is 15. The summed E-state index contributed by atoms with van der Waals surface area (Å²) < 4.78 is 824. The van der Waals surface area contributed by atoms with Gasteiger partial charge < -0.3 is 22.8 Å². The topological polar surface area (TPSA) is 286 Å². The Labute approximate surface area is 572 Å². The summed E-state index contributed by atoms with van der Waals surface area (Å²) in [7, 11) is -36.1. The molecule has 0 aromatic heterocycles. The van der Waals surface area contributed by atoms with Gasteiger partial charge in [-0.25, -0.2) is 68.4 Å². The molecule has 0 saturated heterocycles. The van der Waals surface area contributed by atoms with E-state index in [2.05, 4.69) is 0 Å². The maximum absolute atomic E-state index is 13.6. The van der Waals surface area contributed by atoms with Crippen LogP contribution in [0.4, 0.5) is 237 Å². The lowest BCUT2D eigenvalue weighted by Gasteiger charge is -2.44. The summed E-state index contributed by atoms with van der Waals surface area (Å²) in [4.78, 5) is 0. The van der Waals surface area contributed by atoms with Gasteiger partial charge in [-0.2, -0.15) is 211 Å². The SMILES string of the molecule is O=S(=O)([O-])C(CC(F)(F)F)C(F)(F)C(F)(F)F.O=S(=O)([O-])C(F)(C(F)C(F)(F)C(F)(F)C(F)(F)C(F)(F)C(F)(F)F)C(F)(F)F.O=S(=O)([O-])C(F)(C(F)C(F)(F)F)C(F)(F)C(F)(F)C(F)(F)C(F)(F)C(F)(F)F.O=S(=O)([O-])C1(F)CC(F)(F)C(F)(F)C1(F)F.O=S(=O)([O-])C1C(F)C(F)(F)C(F)(F)C1(F)F.[CH3+].[CH3+].[CH3+].[CH3+].[CH3+]. The summed E-state index contributed by atoms with van der Waals surface area (Å²) >= 11 is 0. The van der Waals surface area contributed by atoms with Gasteiger partial charge in [-0.15, -0.1) is 0 Å². The van der Waals surface area contributed by atoms with Crippen molar-refractivity contribution in [1.29, 1.82) is 0 Å². The van der Waals surface area contributed by atoms with Gasteiger partial charge >= 0.3 is 136 Å². The van der Waals surface area contributed by atoms with E-state index in [4.69, 9.17) is 0 Å². The van der Waals surface area contributed by atoms with Crippen LogP contribution < -0.4 is 0 Å². The van der Waals surface area contributed by atoms with Gasteiger partial charge in [-0.1, -0.05) is 0 Å². The minimum absolute atomic E-state index is 0. The van der Waals surface area contributed by atoms with E-state index in [9.17, 15) is 302 Å². The highest BCUT2D eigenvalue weighted by Gasteiger charge is 2.95. The van der Waals surface area contributed by atoms with Gasteiger partial charge in [-0.05, 0) is 0 Å². The summed E-state index contributed by atoms with van der Waals surface area (Å²) in [5.74, 6) is -110. The zero-order chi connectivity index (χ0) is 87.8. The van der Waals surface area contributed by atoms with Crippen LogP contribution in [0.1, 0.15) is 12.8 Å². The summed E-state index contributed by atoms with van der Waals surface area (Å²) in [6, 6.07) is 0. The Hall–Kier alpha value is -4.88. The van der Waals surface area contributed by atoms with Crippen molar-refractivity contribution in [1.82, 2.24) is 0 Å². The van der Waals surface area contributed by atoms with Crippen molar-refractivity contribution in [2.45, 2.75) is 183 Å². The third-order valence-electron chi connectivity index (χ3n) is 11.7. The van der Waals surface area contributed by atoms with E-state index in [-0.39, 0.29) is 37.1 Å². The molecule has 2 rings (SSSR count). The molecule has 74 heteroatoms. The Kier molecular flexibility index (Phi) is 35.1. The molecule has 0 N–H and O–H groups in total. The summed E-state index contributed by atoms with van der Waals surface area (Å²) in [6.07, 6.45) is -66.9. The molecule has 0 aromatic rings. The molecule has 15 nitrogen and oxygen atoms in total. The molecule has 2 saturated carbocycles. The molecular formula is C36H24F54O15S5. The van der Waals surface area contributed by atoms with E-state index < -0.39 is 233 Å². The van der Waals surface area contributed by atoms with Crippen molar-refractivity contribution >= 4 is 50.6 Å². The van der Waals surface area contributed by atoms with E-state index in [0.717, 1.165) is 0 Å². The van der Waals surface area contributed by atoms with Crippen molar-refractivity contribution in [3.63, 3.8) is 0 Å². The first-order valence-corrected chi connectivity index (χ1v) is 28.9. The smallest absolute Gasteiger partial charge is 0.460 e. The Morgan fingerprint density at radius 2 is 0.618 bits per heavy atom. The average Bonchev–Trinajstić information content (AvgIpc) is 0.916. The molecule has 0 radical (unpaired) electrons. The first-order valence-electron chi connectivity index (χ1n) is 21.7. The van der Waals surface area contributed by atoms with E-state index in [1.165, 1.54) is 0 Å². The molecule has 2 fully saturated rings. The molecule has 0 aromatic carbocycles. The molecule has 0 aliphatic heterocycles. The minimum atomic E-state index is -8.71. The lowest BCUT2D eigenvalue weighted by Crippen LogP contribution is -2.74. The van der Waals surface area contributed by atoms with Crippen molar-refractivity contribution in [2.75, 3.05) is 0 Å². The van der Waals surface area contributed by atoms with Crippen LogP contribution in [-0.4, -0.2) is 235 Å². The van der Waals surface area contributed by atoms with Gasteiger partial charge in [0.15, 0.2) is 11.4 Å². The van der Waals surface area contributed by atoms with Crippen molar-refractivity contribution in [3.05, 3.63) is 37.1 Å². The van der Waals surface area contributed by atoms with E-state index in [1.54, 1.807) is 0 Å². The quantitative estimate of drug-likeness (QED) is 0.0743. The van der Waals surface area contributed by atoms with Gasteiger partial charge in [0, 0.05) is 37.1 Å². The fourth-order valence-corrected chi connectivity index (χ4v) is 10.3. The van der Waals surface area contributed by atoms with Crippen molar-refractivity contribution in [2.24, 2.45) is 0 Å². The number of alkyl halides is 54. The second-order valence-electron chi connectivity index (χ2n) is 18.9. The fraction of sp³-hybridized carbons (Fsp3) is 0.861. The monoisotopic (exact) mass is 1880 g/mol. The van der Waals surface area contributed by atoms with Gasteiger partial charge in [0.2, 0.25) is 12.3 Å². The molecule has 2 aliphatic rings. The van der Waals surface area contributed by atoms with E-state index >= 15 is 0 Å². The van der Waals surface area contributed by atoms with E-state index in [0.29, 0.717) is 0 Å². The highest BCUT2D eigenvalue weighted by Crippen LogP contribution is 2.67. The Bertz CT molecular complexity index is 3650. The van der Waals surface area contributed by atoms with Crippen LogP contribution >= 0.6 is 0 Å². The summed E-state index contributed by atoms with van der Waals surface area (Å²) in [6.45, 7) is 0. The molecule has 666 valence electrons. The molecule has 8 atom stereocenters. The highest BCUT2D eigenvalue weighted by atomic mass is 32.2. The zero-order valence-corrected chi connectivity index (χ0v) is 54.0. The molecule has 110 heavy (non-hydrogen) atoms. The molecule has 2 aliphatic carbocycles. The van der Waals surface area contributed by atoms with Crippen LogP contribution in [0.3, 0.4) is 0 Å². The predicted octanol–water partition coefficient (Wildman–Crippen LogP) is 15.4. The lowest BCUT2D eigenvalue weighted by atomic mass is 9.93. The maximum atomic E-state index is 13.6. The van der Waals surface area contributed by atoms with Crippen LogP contribution in [0.15, 0.2) is 0 Å². The van der Waals surface area contributed by atoms with Crippen LogP contribution in [0.5, 0.6) is 0 Å². The van der Waals surface area contributed by atoms with Crippen LogP contribution in [0.25, 0.3) is 0 Å². The standard InChI is InChI=1S/2C8H2F16O3S.C5H4F8O3S.2C5H3F7O3S.5CH3/c9-1(3(11,12)13)2(10,28(25,26)27)4(14,15)5(16,17)6(18,19)7(20,21)8(22,23)24;9-1(3(12,7(19,20)21)28(25,26)27)2(10,11)4(13,14)5(15,16)6(17,18)8(22,23)24;6-3(7,8)1-2(17(14,15)16)4(9,10)5(11,12)13;6-2(7)1-3(8,16(13,14)15)5(11,12)4(2,9)10;6-1-2(16(13,14)15)4(9,10)5(11,12)3(1,7)8;;;;;/h2*1H,(H,25,26,27);2H,1H2,(H,14,15,16);1H2,(H,13,14,15);1-2H,(H,13,14,15);5*1H3/q;;;;;5*+1/p-5. The summed E-state index contributed by atoms with van der Waals surface area (Å²) in [5.41, 5.74) is 0. The first-order chi connectivity index (χ1) is 43.9. The minimum Gasteiger partial charge on any atom is -0.748 e. The number of rotatable bonds is 17. The Morgan fingerprint density at radius 3 is 0.782 bits per heavy atom. The van der Waals surface area contributed by atoms with Gasteiger partial charge in [0.1, 0.15) is 55.8 Å². The van der Waals surface area contributed by atoms with Gasteiger partial charge in [0.05, 0.1) is 12.8 Å². The third-order valence-corrected chi connectivity index (χ3v) is 17.6. The molecule has 0 spiro atoms. The van der Waals surface area contributed by atoms with E-state index in [1.807, 2.05) is 0 Å².